The molecule has 1 aromatic heterocycles. The lowest BCUT2D eigenvalue weighted by Crippen LogP contribution is -2.28. The highest BCUT2D eigenvalue weighted by molar-refractivity contribution is 7.89. The summed E-state index contributed by atoms with van der Waals surface area (Å²) in [5.74, 6) is 0.387. The molecular formula is C14H26N4O2S. The molecule has 1 aromatic rings. The van der Waals surface area contributed by atoms with Gasteiger partial charge in [-0.2, -0.15) is 5.10 Å². The van der Waals surface area contributed by atoms with E-state index in [1.807, 2.05) is 0 Å². The molecule has 1 saturated carbocycles. The minimum Gasteiger partial charge on any atom is -0.312 e. The van der Waals surface area contributed by atoms with Gasteiger partial charge in [0.05, 0.1) is 12.7 Å². The minimum absolute atomic E-state index is 0.250. The molecule has 0 saturated heterocycles. The minimum atomic E-state index is -3.44. The normalized spacial score (nSPS) is 15.8. The lowest BCUT2D eigenvalue weighted by Gasteiger charge is -2.12. The molecule has 21 heavy (non-hydrogen) atoms. The van der Waals surface area contributed by atoms with Crippen molar-refractivity contribution in [1.29, 1.82) is 0 Å². The van der Waals surface area contributed by atoms with Crippen LogP contribution in [0.1, 0.15) is 39.5 Å². The summed E-state index contributed by atoms with van der Waals surface area (Å²) >= 11 is 0. The zero-order chi connectivity index (χ0) is 15.3. The molecule has 0 amide bonds. The van der Waals surface area contributed by atoms with Gasteiger partial charge in [-0.1, -0.05) is 26.7 Å². The van der Waals surface area contributed by atoms with Crippen LogP contribution in [0.25, 0.3) is 0 Å². The van der Waals surface area contributed by atoms with Crippen LogP contribution in [0.4, 0.5) is 0 Å². The molecule has 0 aliphatic heterocycles. The van der Waals surface area contributed by atoms with Gasteiger partial charge in [0.2, 0.25) is 10.0 Å². The summed E-state index contributed by atoms with van der Waals surface area (Å²) < 4.78 is 28.7. The first-order valence-corrected chi connectivity index (χ1v) is 9.29. The Balaban J connectivity index is 1.85. The summed E-state index contributed by atoms with van der Waals surface area (Å²) in [5.41, 5.74) is 0. The Bertz CT molecular complexity index is 533. The highest BCUT2D eigenvalue weighted by Crippen LogP contribution is 2.18. The quantitative estimate of drug-likeness (QED) is 0.683. The first-order valence-electron chi connectivity index (χ1n) is 7.80. The Kier molecular flexibility index (Phi) is 5.78. The highest BCUT2D eigenvalue weighted by atomic mass is 32.2. The van der Waals surface area contributed by atoms with Crippen LogP contribution in [-0.4, -0.2) is 37.3 Å². The van der Waals surface area contributed by atoms with Crippen molar-refractivity contribution in [3.63, 3.8) is 0 Å². The van der Waals surface area contributed by atoms with Gasteiger partial charge in [0.1, 0.15) is 4.90 Å². The number of hydrogen-bond acceptors (Lipinski definition) is 4. The third-order valence-electron chi connectivity index (χ3n) is 3.99. The van der Waals surface area contributed by atoms with Crippen molar-refractivity contribution in [1.82, 2.24) is 19.8 Å². The van der Waals surface area contributed by atoms with E-state index in [2.05, 4.69) is 29.0 Å². The number of aromatic nitrogens is 2. The van der Waals surface area contributed by atoms with Gasteiger partial charge in [-0.05, 0) is 18.8 Å². The molecule has 0 aromatic carbocycles. The fraction of sp³-hybridized carbons (Fsp3) is 0.786. The molecule has 0 atom stereocenters. The van der Waals surface area contributed by atoms with E-state index in [-0.39, 0.29) is 4.90 Å². The lowest BCUT2D eigenvalue weighted by atomic mass is 10.0. The highest BCUT2D eigenvalue weighted by Gasteiger charge is 2.20. The molecule has 7 heteroatoms. The number of rotatable bonds is 10. The number of hydrogen-bond donors (Lipinski definition) is 2. The Morgan fingerprint density at radius 2 is 2.10 bits per heavy atom. The average molecular weight is 314 g/mol. The van der Waals surface area contributed by atoms with Gasteiger partial charge in [0.15, 0.2) is 0 Å². The van der Waals surface area contributed by atoms with Crippen molar-refractivity contribution in [3.05, 3.63) is 12.4 Å². The summed E-state index contributed by atoms with van der Waals surface area (Å²) in [6.45, 7) is 6.16. The SMILES string of the molecule is CCC(CC)CNS(=O)(=O)c1cnn(CCNC2CC2)c1. The standard InChI is InChI=1S/C14H26N4O2S/c1-3-12(4-2)9-17-21(19,20)14-10-16-18(11-14)8-7-15-13-5-6-13/h10-13,15,17H,3-9H2,1-2H3. The third-order valence-corrected chi connectivity index (χ3v) is 5.37. The van der Waals surface area contributed by atoms with Crippen LogP contribution in [0.5, 0.6) is 0 Å². The first kappa shape index (κ1) is 16.5. The molecule has 0 unspecified atom stereocenters. The summed E-state index contributed by atoms with van der Waals surface area (Å²) in [5, 5.41) is 7.51. The molecule has 0 bridgehead atoms. The van der Waals surface area contributed by atoms with Crippen LogP contribution in [-0.2, 0) is 16.6 Å². The second kappa shape index (κ2) is 7.38. The molecule has 1 fully saturated rings. The smallest absolute Gasteiger partial charge is 0.243 e. The Hall–Kier alpha value is -0.920. The molecule has 1 aliphatic carbocycles. The molecule has 2 rings (SSSR count). The van der Waals surface area contributed by atoms with E-state index in [0.717, 1.165) is 19.4 Å². The van der Waals surface area contributed by atoms with E-state index >= 15 is 0 Å². The van der Waals surface area contributed by atoms with Gasteiger partial charge >= 0.3 is 0 Å². The average Bonchev–Trinajstić information content (AvgIpc) is 3.15. The van der Waals surface area contributed by atoms with Crippen LogP contribution >= 0.6 is 0 Å². The zero-order valence-electron chi connectivity index (χ0n) is 12.9. The number of nitrogens with one attached hydrogen (secondary N) is 2. The number of sulfonamides is 1. The second-order valence-corrected chi connectivity index (χ2v) is 7.47. The van der Waals surface area contributed by atoms with E-state index in [1.165, 1.54) is 19.0 Å². The van der Waals surface area contributed by atoms with E-state index in [4.69, 9.17) is 0 Å². The first-order chi connectivity index (χ1) is 10.0. The van der Waals surface area contributed by atoms with Gasteiger partial charge in [0, 0.05) is 25.3 Å². The largest absolute Gasteiger partial charge is 0.312 e. The molecule has 1 heterocycles. The third kappa shape index (κ3) is 5.09. The molecule has 6 nitrogen and oxygen atoms in total. The van der Waals surface area contributed by atoms with Crippen LogP contribution in [0.15, 0.2) is 17.3 Å². The van der Waals surface area contributed by atoms with Gasteiger partial charge < -0.3 is 5.32 Å². The van der Waals surface area contributed by atoms with Crippen LogP contribution in [0.2, 0.25) is 0 Å². The molecule has 0 radical (unpaired) electrons. The Labute approximate surface area is 127 Å². The Morgan fingerprint density at radius 1 is 1.38 bits per heavy atom. The second-order valence-electron chi connectivity index (χ2n) is 5.70. The fourth-order valence-electron chi connectivity index (χ4n) is 2.16. The maximum atomic E-state index is 12.2. The van der Waals surface area contributed by atoms with Crippen molar-refractivity contribution >= 4 is 10.0 Å². The summed E-state index contributed by atoms with van der Waals surface area (Å²) in [7, 11) is -3.44. The zero-order valence-corrected chi connectivity index (χ0v) is 13.7. The molecule has 1 aliphatic rings. The summed E-state index contributed by atoms with van der Waals surface area (Å²) in [6, 6.07) is 0.658. The molecular weight excluding hydrogens is 288 g/mol. The van der Waals surface area contributed by atoms with E-state index < -0.39 is 10.0 Å². The monoisotopic (exact) mass is 314 g/mol. The van der Waals surface area contributed by atoms with Crippen molar-refractivity contribution in [2.45, 2.75) is 57.0 Å². The maximum absolute atomic E-state index is 12.2. The molecule has 0 spiro atoms. The van der Waals surface area contributed by atoms with Crippen LogP contribution in [0, 0.1) is 5.92 Å². The summed E-state index contributed by atoms with van der Waals surface area (Å²) in [6.07, 6.45) is 7.48. The van der Waals surface area contributed by atoms with E-state index in [0.29, 0.717) is 25.0 Å². The Morgan fingerprint density at radius 3 is 2.71 bits per heavy atom. The molecule has 2 N–H and O–H groups in total. The van der Waals surface area contributed by atoms with Gasteiger partial charge in [0.25, 0.3) is 0 Å². The lowest BCUT2D eigenvalue weighted by molar-refractivity contribution is 0.479. The van der Waals surface area contributed by atoms with E-state index in [9.17, 15) is 8.42 Å². The van der Waals surface area contributed by atoms with Gasteiger partial charge in [-0.25, -0.2) is 13.1 Å². The maximum Gasteiger partial charge on any atom is 0.243 e. The summed E-state index contributed by atoms with van der Waals surface area (Å²) in [4.78, 5) is 0.250. The van der Waals surface area contributed by atoms with E-state index in [1.54, 1.807) is 10.9 Å². The van der Waals surface area contributed by atoms with Crippen molar-refractivity contribution in [3.8, 4) is 0 Å². The fourth-order valence-corrected chi connectivity index (χ4v) is 3.23. The van der Waals surface area contributed by atoms with Crippen molar-refractivity contribution in [2.75, 3.05) is 13.1 Å². The van der Waals surface area contributed by atoms with Crippen molar-refractivity contribution in [2.24, 2.45) is 5.92 Å². The predicted octanol–water partition coefficient (Wildman–Crippen LogP) is 1.35. The number of nitrogens with zero attached hydrogens (tertiary/aromatic N) is 2. The van der Waals surface area contributed by atoms with Gasteiger partial charge in [-0.15, -0.1) is 0 Å². The van der Waals surface area contributed by atoms with Crippen molar-refractivity contribution < 1.29 is 8.42 Å². The van der Waals surface area contributed by atoms with Crippen LogP contribution < -0.4 is 10.0 Å². The predicted molar refractivity (Wildman–Crippen MR) is 82.5 cm³/mol. The van der Waals surface area contributed by atoms with Gasteiger partial charge in [-0.3, -0.25) is 4.68 Å². The molecule has 120 valence electrons. The topological polar surface area (TPSA) is 76.0 Å². The van der Waals surface area contributed by atoms with Crippen LogP contribution in [0.3, 0.4) is 0 Å².